The van der Waals surface area contributed by atoms with Crippen LogP contribution in [-0.4, -0.2) is 36.2 Å². The van der Waals surface area contributed by atoms with Crippen molar-refractivity contribution in [3.8, 4) is 0 Å². The van der Waals surface area contributed by atoms with Crippen LogP contribution in [0, 0.1) is 5.92 Å². The summed E-state index contributed by atoms with van der Waals surface area (Å²) in [5.41, 5.74) is 5.74. The summed E-state index contributed by atoms with van der Waals surface area (Å²) in [7, 11) is 0. The third-order valence-corrected chi connectivity index (χ3v) is 2.75. The van der Waals surface area contributed by atoms with Crippen molar-refractivity contribution in [1.29, 1.82) is 0 Å². The normalized spacial score (nSPS) is 11.0. The highest BCUT2D eigenvalue weighted by Gasteiger charge is 2.15. The van der Waals surface area contributed by atoms with Crippen molar-refractivity contribution in [2.75, 3.05) is 19.6 Å². The molecule has 19 heavy (non-hydrogen) atoms. The molecule has 0 spiro atoms. The van der Waals surface area contributed by atoms with Crippen LogP contribution in [0.4, 0.5) is 0 Å². The second-order valence-corrected chi connectivity index (χ2v) is 5.40. The number of nitrogens with zero attached hydrogens (tertiary/aromatic N) is 1. The zero-order valence-electron chi connectivity index (χ0n) is 11.2. The number of primary amides is 1. The Balaban J connectivity index is 2.72. The first kappa shape index (κ1) is 15.7. The number of carbonyl (C=O) groups is 2. The van der Waals surface area contributed by atoms with E-state index >= 15 is 0 Å². The van der Waals surface area contributed by atoms with E-state index in [1.165, 1.54) is 0 Å². The molecule has 1 aromatic rings. The Kier molecular flexibility index (Phi) is 5.99. The minimum atomic E-state index is -0.431. The first-order valence-electron chi connectivity index (χ1n) is 6.18. The molecule has 5 heteroatoms. The Morgan fingerprint density at radius 3 is 2.53 bits per heavy atom. The Hall–Kier alpha value is -1.39. The molecular weight excluding hydrogens is 264 g/mol. The molecule has 0 aliphatic carbocycles. The molecule has 0 aliphatic heterocycles. The molecule has 0 saturated heterocycles. The van der Waals surface area contributed by atoms with Crippen molar-refractivity contribution < 1.29 is 9.59 Å². The molecule has 1 amide bonds. The highest BCUT2D eigenvalue weighted by molar-refractivity contribution is 6.31. The zero-order chi connectivity index (χ0) is 14.4. The second kappa shape index (κ2) is 7.26. The van der Waals surface area contributed by atoms with Gasteiger partial charge in [-0.3, -0.25) is 14.5 Å². The molecule has 4 nitrogen and oxygen atoms in total. The molecule has 0 saturated carbocycles. The van der Waals surface area contributed by atoms with Crippen LogP contribution in [0.1, 0.15) is 24.2 Å². The van der Waals surface area contributed by atoms with Crippen molar-refractivity contribution in [3.63, 3.8) is 0 Å². The van der Waals surface area contributed by atoms with E-state index in [0.717, 1.165) is 0 Å². The predicted octanol–water partition coefficient (Wildman–Crippen LogP) is 1.97. The first-order chi connectivity index (χ1) is 8.88. The fourth-order valence-electron chi connectivity index (χ4n) is 1.88. The van der Waals surface area contributed by atoms with E-state index in [9.17, 15) is 9.59 Å². The number of ketones is 1. The molecule has 0 atom stereocenters. The average Bonchev–Trinajstić information content (AvgIpc) is 2.26. The van der Waals surface area contributed by atoms with Gasteiger partial charge in [-0.15, -0.1) is 0 Å². The van der Waals surface area contributed by atoms with E-state index in [0.29, 0.717) is 23.0 Å². The summed E-state index contributed by atoms with van der Waals surface area (Å²) in [6, 6.07) is 6.79. The fourth-order valence-corrected chi connectivity index (χ4v) is 2.07. The van der Waals surface area contributed by atoms with E-state index in [1.807, 2.05) is 13.8 Å². The fraction of sp³-hybridized carbons (Fsp3) is 0.429. The number of hydrogen-bond donors (Lipinski definition) is 1. The van der Waals surface area contributed by atoms with Crippen LogP contribution in [0.2, 0.25) is 5.02 Å². The van der Waals surface area contributed by atoms with Crippen molar-refractivity contribution in [3.05, 3.63) is 34.9 Å². The summed E-state index contributed by atoms with van der Waals surface area (Å²) < 4.78 is 0. The van der Waals surface area contributed by atoms with Gasteiger partial charge >= 0.3 is 0 Å². The van der Waals surface area contributed by atoms with Gasteiger partial charge in [-0.05, 0) is 18.1 Å². The van der Waals surface area contributed by atoms with E-state index in [2.05, 4.69) is 0 Å². The van der Waals surface area contributed by atoms with Gasteiger partial charge in [0.25, 0.3) is 0 Å². The van der Waals surface area contributed by atoms with Crippen molar-refractivity contribution in [2.45, 2.75) is 13.8 Å². The van der Waals surface area contributed by atoms with E-state index in [4.69, 9.17) is 17.3 Å². The molecule has 0 unspecified atom stereocenters. The van der Waals surface area contributed by atoms with Gasteiger partial charge in [0.15, 0.2) is 5.78 Å². The summed E-state index contributed by atoms with van der Waals surface area (Å²) >= 11 is 5.85. The van der Waals surface area contributed by atoms with Crippen LogP contribution >= 0.6 is 11.6 Å². The standard InChI is InChI=1S/C14H19ClN2O2/c1-10(2)7-17(9-14(16)19)8-13(18)11-4-3-5-12(15)6-11/h3-6,10H,7-9H2,1-2H3,(H2,16,19). The molecule has 0 heterocycles. The van der Waals surface area contributed by atoms with Crippen molar-refractivity contribution >= 4 is 23.3 Å². The Labute approximate surface area is 118 Å². The topological polar surface area (TPSA) is 63.4 Å². The third kappa shape index (κ3) is 5.85. The molecule has 1 rings (SSSR count). The second-order valence-electron chi connectivity index (χ2n) is 4.96. The number of nitrogens with two attached hydrogens (primary N) is 1. The molecule has 0 radical (unpaired) electrons. The highest BCUT2D eigenvalue weighted by atomic mass is 35.5. The van der Waals surface area contributed by atoms with Gasteiger partial charge in [0.2, 0.25) is 5.91 Å². The number of carbonyl (C=O) groups excluding carboxylic acids is 2. The summed E-state index contributed by atoms with van der Waals surface area (Å²) in [5, 5.41) is 0.524. The maximum absolute atomic E-state index is 12.1. The molecule has 0 bridgehead atoms. The summed E-state index contributed by atoms with van der Waals surface area (Å²) in [6.45, 7) is 4.96. The molecule has 2 N–H and O–H groups in total. The third-order valence-electron chi connectivity index (χ3n) is 2.52. The van der Waals surface area contributed by atoms with Gasteiger partial charge in [-0.25, -0.2) is 0 Å². The van der Waals surface area contributed by atoms with E-state index < -0.39 is 5.91 Å². The van der Waals surface area contributed by atoms with Gasteiger partial charge in [-0.2, -0.15) is 0 Å². The quantitative estimate of drug-likeness (QED) is 0.778. The van der Waals surface area contributed by atoms with Gasteiger partial charge in [0.1, 0.15) is 0 Å². The van der Waals surface area contributed by atoms with Crippen LogP contribution in [0.5, 0.6) is 0 Å². The number of amides is 1. The number of Topliss-reactive ketones (excluding diaryl/α,β-unsaturated/α-hetero) is 1. The summed E-state index contributed by atoms with van der Waals surface area (Å²) in [6.07, 6.45) is 0. The lowest BCUT2D eigenvalue weighted by Gasteiger charge is -2.21. The lowest BCUT2D eigenvalue weighted by molar-refractivity contribution is -0.119. The zero-order valence-corrected chi connectivity index (χ0v) is 12.0. The average molecular weight is 283 g/mol. The first-order valence-corrected chi connectivity index (χ1v) is 6.55. The maximum Gasteiger partial charge on any atom is 0.231 e. The summed E-state index contributed by atoms with van der Waals surface area (Å²) in [5.74, 6) is -0.143. The molecule has 0 aliphatic rings. The van der Waals surface area contributed by atoms with E-state index in [-0.39, 0.29) is 18.9 Å². The molecule has 104 valence electrons. The van der Waals surface area contributed by atoms with Crippen molar-refractivity contribution in [2.24, 2.45) is 11.7 Å². The monoisotopic (exact) mass is 282 g/mol. The van der Waals surface area contributed by atoms with Crippen LogP contribution in [0.25, 0.3) is 0 Å². The summed E-state index contributed by atoms with van der Waals surface area (Å²) in [4.78, 5) is 24.9. The Morgan fingerprint density at radius 1 is 1.32 bits per heavy atom. The number of hydrogen-bond acceptors (Lipinski definition) is 3. The van der Waals surface area contributed by atoms with Gasteiger partial charge < -0.3 is 5.73 Å². The largest absolute Gasteiger partial charge is 0.369 e. The smallest absolute Gasteiger partial charge is 0.231 e. The number of benzene rings is 1. The van der Waals surface area contributed by atoms with Gasteiger partial charge in [-0.1, -0.05) is 37.6 Å². The lowest BCUT2D eigenvalue weighted by atomic mass is 10.1. The van der Waals surface area contributed by atoms with Crippen LogP contribution in [0.15, 0.2) is 24.3 Å². The minimum Gasteiger partial charge on any atom is -0.369 e. The van der Waals surface area contributed by atoms with Crippen LogP contribution in [-0.2, 0) is 4.79 Å². The minimum absolute atomic E-state index is 0.0654. The molecule has 0 fully saturated rings. The predicted molar refractivity (Wildman–Crippen MR) is 76.3 cm³/mol. The van der Waals surface area contributed by atoms with Crippen LogP contribution in [0.3, 0.4) is 0 Å². The van der Waals surface area contributed by atoms with E-state index in [1.54, 1.807) is 29.2 Å². The Bertz CT molecular complexity index is 461. The van der Waals surface area contributed by atoms with Crippen molar-refractivity contribution in [1.82, 2.24) is 4.90 Å². The van der Waals surface area contributed by atoms with Gasteiger partial charge in [0.05, 0.1) is 13.1 Å². The Morgan fingerprint density at radius 2 is 2.00 bits per heavy atom. The molecular formula is C14H19ClN2O2. The highest BCUT2D eigenvalue weighted by Crippen LogP contribution is 2.12. The lowest BCUT2D eigenvalue weighted by Crippen LogP contribution is -2.39. The maximum atomic E-state index is 12.1. The number of rotatable bonds is 7. The number of halogens is 1. The molecule has 1 aromatic carbocycles. The van der Waals surface area contributed by atoms with Gasteiger partial charge in [0, 0.05) is 17.1 Å². The molecule has 0 aromatic heterocycles. The van der Waals surface area contributed by atoms with Crippen LogP contribution < -0.4 is 5.73 Å². The SMILES string of the molecule is CC(C)CN(CC(N)=O)CC(=O)c1cccc(Cl)c1.